The van der Waals surface area contributed by atoms with Gasteiger partial charge in [0.25, 0.3) is 0 Å². The van der Waals surface area contributed by atoms with Gasteiger partial charge >= 0.3 is 6.03 Å². The third-order valence-electron chi connectivity index (χ3n) is 5.52. The van der Waals surface area contributed by atoms with Gasteiger partial charge in [-0.3, -0.25) is 0 Å². The summed E-state index contributed by atoms with van der Waals surface area (Å²) in [7, 11) is 1.85. The van der Waals surface area contributed by atoms with Crippen LogP contribution in [-0.4, -0.2) is 35.5 Å². The molecule has 1 heterocycles. The van der Waals surface area contributed by atoms with Crippen LogP contribution in [0.15, 0.2) is 48.5 Å². The third kappa shape index (κ3) is 3.68. The van der Waals surface area contributed by atoms with E-state index in [0.717, 1.165) is 42.1 Å². The number of nitrogens with one attached hydrogen (secondary N) is 2. The SMILES string of the molecule is CN(C(=O)NCCc1ccccc1)C1CCc2[nH]c3ccc(F)cc3c2C1. The highest BCUT2D eigenvalue weighted by Gasteiger charge is 2.27. The number of hydrogen-bond donors (Lipinski definition) is 2. The fourth-order valence-electron chi connectivity index (χ4n) is 3.95. The molecule has 2 amide bonds. The summed E-state index contributed by atoms with van der Waals surface area (Å²) in [6, 6.07) is 15.1. The highest BCUT2D eigenvalue weighted by Crippen LogP contribution is 2.31. The predicted molar refractivity (Wildman–Crippen MR) is 105 cm³/mol. The molecular formula is C22H24FN3O. The van der Waals surface area contributed by atoms with E-state index >= 15 is 0 Å². The zero-order valence-corrected chi connectivity index (χ0v) is 15.5. The minimum absolute atomic E-state index is 0.0506. The van der Waals surface area contributed by atoms with Gasteiger partial charge in [0.1, 0.15) is 5.82 Å². The molecule has 1 unspecified atom stereocenters. The summed E-state index contributed by atoms with van der Waals surface area (Å²) in [6.07, 6.45) is 3.35. The van der Waals surface area contributed by atoms with Gasteiger partial charge in [-0.2, -0.15) is 0 Å². The van der Waals surface area contributed by atoms with Crippen LogP contribution in [0.4, 0.5) is 9.18 Å². The molecule has 0 saturated carbocycles. The van der Waals surface area contributed by atoms with Crippen molar-refractivity contribution in [2.24, 2.45) is 0 Å². The largest absolute Gasteiger partial charge is 0.358 e. The quantitative estimate of drug-likeness (QED) is 0.720. The normalized spacial score (nSPS) is 16.1. The van der Waals surface area contributed by atoms with Gasteiger partial charge in [-0.05, 0) is 55.0 Å². The number of H-pyrrole nitrogens is 1. The number of rotatable bonds is 4. The Balaban J connectivity index is 1.39. The molecule has 0 bridgehead atoms. The lowest BCUT2D eigenvalue weighted by atomic mass is 9.91. The van der Waals surface area contributed by atoms with E-state index in [4.69, 9.17) is 0 Å². The number of likely N-dealkylation sites (N-methyl/N-ethyl adjacent to an activating group) is 1. The van der Waals surface area contributed by atoms with Gasteiger partial charge < -0.3 is 15.2 Å². The number of aromatic amines is 1. The summed E-state index contributed by atoms with van der Waals surface area (Å²) < 4.78 is 13.7. The topological polar surface area (TPSA) is 48.1 Å². The number of fused-ring (bicyclic) bond motifs is 3. The molecular weight excluding hydrogens is 341 g/mol. The number of benzene rings is 2. The number of aromatic nitrogens is 1. The van der Waals surface area contributed by atoms with E-state index < -0.39 is 0 Å². The van der Waals surface area contributed by atoms with Crippen molar-refractivity contribution in [3.05, 3.63) is 71.2 Å². The van der Waals surface area contributed by atoms with Gasteiger partial charge in [0.05, 0.1) is 0 Å². The summed E-state index contributed by atoms with van der Waals surface area (Å²) in [5.41, 5.74) is 4.50. The van der Waals surface area contributed by atoms with E-state index in [2.05, 4.69) is 22.4 Å². The Morgan fingerprint density at radius 2 is 2.07 bits per heavy atom. The Bertz CT molecular complexity index is 951. The molecule has 0 aliphatic heterocycles. The van der Waals surface area contributed by atoms with Gasteiger partial charge in [-0.25, -0.2) is 9.18 Å². The highest BCUT2D eigenvalue weighted by atomic mass is 19.1. The van der Waals surface area contributed by atoms with Crippen LogP contribution in [0.25, 0.3) is 10.9 Å². The first-order valence-electron chi connectivity index (χ1n) is 9.45. The Kier molecular flexibility index (Phi) is 4.84. The number of carbonyl (C=O) groups excluding carboxylic acids is 1. The predicted octanol–water partition coefficient (Wildman–Crippen LogP) is 4.05. The number of aryl methyl sites for hydroxylation is 1. The molecule has 27 heavy (non-hydrogen) atoms. The van der Waals surface area contributed by atoms with Gasteiger partial charge in [0.15, 0.2) is 0 Å². The fourth-order valence-corrected chi connectivity index (χ4v) is 3.95. The van der Waals surface area contributed by atoms with E-state index in [1.54, 1.807) is 17.0 Å². The molecule has 1 atom stereocenters. The molecule has 140 valence electrons. The molecule has 2 N–H and O–H groups in total. The minimum Gasteiger partial charge on any atom is -0.358 e. The molecule has 5 heteroatoms. The van der Waals surface area contributed by atoms with Crippen molar-refractivity contribution in [1.29, 1.82) is 0 Å². The van der Waals surface area contributed by atoms with Crippen molar-refractivity contribution >= 4 is 16.9 Å². The number of urea groups is 1. The lowest BCUT2D eigenvalue weighted by Gasteiger charge is -2.31. The van der Waals surface area contributed by atoms with Crippen LogP contribution in [0.3, 0.4) is 0 Å². The van der Waals surface area contributed by atoms with E-state index in [1.165, 1.54) is 17.3 Å². The number of carbonyl (C=O) groups is 1. The second-order valence-corrected chi connectivity index (χ2v) is 7.25. The molecule has 0 saturated heterocycles. The van der Waals surface area contributed by atoms with Crippen LogP contribution in [0.1, 0.15) is 23.2 Å². The number of halogens is 1. The first kappa shape index (κ1) is 17.6. The minimum atomic E-state index is -0.224. The second kappa shape index (κ2) is 7.43. The Labute approximate surface area is 158 Å². The first-order valence-corrected chi connectivity index (χ1v) is 9.45. The summed E-state index contributed by atoms with van der Waals surface area (Å²) in [5.74, 6) is -0.224. The van der Waals surface area contributed by atoms with E-state index in [9.17, 15) is 9.18 Å². The first-order chi connectivity index (χ1) is 13.1. The molecule has 0 spiro atoms. The van der Waals surface area contributed by atoms with Crippen molar-refractivity contribution < 1.29 is 9.18 Å². The van der Waals surface area contributed by atoms with Crippen LogP contribution in [0.2, 0.25) is 0 Å². The van der Waals surface area contributed by atoms with Crippen LogP contribution in [0, 0.1) is 5.82 Å². The van der Waals surface area contributed by atoms with Crippen molar-refractivity contribution in [3.63, 3.8) is 0 Å². The molecule has 3 aromatic rings. The lowest BCUT2D eigenvalue weighted by molar-refractivity contribution is 0.184. The molecule has 4 nitrogen and oxygen atoms in total. The smallest absolute Gasteiger partial charge is 0.317 e. The molecule has 2 aromatic carbocycles. The van der Waals surface area contributed by atoms with Crippen molar-refractivity contribution in [1.82, 2.24) is 15.2 Å². The molecule has 1 aliphatic rings. The molecule has 0 radical (unpaired) electrons. The number of nitrogens with zero attached hydrogens (tertiary/aromatic N) is 1. The molecule has 0 fully saturated rings. The fraction of sp³-hybridized carbons (Fsp3) is 0.318. The van der Waals surface area contributed by atoms with E-state index in [-0.39, 0.29) is 17.9 Å². The zero-order chi connectivity index (χ0) is 18.8. The van der Waals surface area contributed by atoms with Crippen LogP contribution in [-0.2, 0) is 19.3 Å². The summed E-state index contributed by atoms with van der Waals surface area (Å²) >= 11 is 0. The van der Waals surface area contributed by atoms with Crippen LogP contribution in [0.5, 0.6) is 0 Å². The zero-order valence-electron chi connectivity index (χ0n) is 15.5. The monoisotopic (exact) mass is 365 g/mol. The average molecular weight is 365 g/mol. The Hall–Kier alpha value is -2.82. The lowest BCUT2D eigenvalue weighted by Crippen LogP contribution is -2.46. The van der Waals surface area contributed by atoms with Gasteiger partial charge in [0.2, 0.25) is 0 Å². The maximum Gasteiger partial charge on any atom is 0.317 e. The third-order valence-corrected chi connectivity index (χ3v) is 5.52. The van der Waals surface area contributed by atoms with Crippen molar-refractivity contribution in [2.75, 3.05) is 13.6 Å². The number of amides is 2. The van der Waals surface area contributed by atoms with Crippen LogP contribution >= 0.6 is 0 Å². The Morgan fingerprint density at radius 1 is 1.26 bits per heavy atom. The summed E-state index contributed by atoms with van der Waals surface area (Å²) in [5, 5.41) is 3.95. The maximum absolute atomic E-state index is 13.7. The molecule has 4 rings (SSSR count). The number of hydrogen-bond acceptors (Lipinski definition) is 1. The van der Waals surface area contributed by atoms with Crippen molar-refractivity contribution in [2.45, 2.75) is 31.7 Å². The standard InChI is InChI=1S/C22H24FN3O/c1-26(22(27)24-12-11-15-5-3-2-4-6-15)17-8-10-21-19(14-17)18-13-16(23)7-9-20(18)25-21/h2-7,9,13,17,25H,8,10-12,14H2,1H3,(H,24,27). The van der Waals surface area contributed by atoms with Crippen LogP contribution < -0.4 is 5.32 Å². The Morgan fingerprint density at radius 3 is 2.89 bits per heavy atom. The summed E-state index contributed by atoms with van der Waals surface area (Å²) in [6.45, 7) is 0.615. The molecule has 1 aliphatic carbocycles. The van der Waals surface area contributed by atoms with E-state index in [1.807, 2.05) is 25.2 Å². The second-order valence-electron chi connectivity index (χ2n) is 7.25. The molecule has 1 aromatic heterocycles. The highest BCUT2D eigenvalue weighted by molar-refractivity contribution is 5.85. The van der Waals surface area contributed by atoms with Gasteiger partial charge in [-0.15, -0.1) is 0 Å². The van der Waals surface area contributed by atoms with Gasteiger partial charge in [0, 0.05) is 36.2 Å². The maximum atomic E-state index is 13.7. The summed E-state index contributed by atoms with van der Waals surface area (Å²) in [4.78, 5) is 17.7. The van der Waals surface area contributed by atoms with Gasteiger partial charge in [-0.1, -0.05) is 30.3 Å². The average Bonchev–Trinajstić information content (AvgIpc) is 3.05. The van der Waals surface area contributed by atoms with E-state index in [0.29, 0.717) is 6.54 Å². The van der Waals surface area contributed by atoms with Crippen molar-refractivity contribution in [3.8, 4) is 0 Å².